The van der Waals surface area contributed by atoms with Crippen LogP contribution in [0.25, 0.3) is 0 Å². The van der Waals surface area contributed by atoms with Crippen molar-refractivity contribution in [2.45, 2.75) is 19.8 Å². The summed E-state index contributed by atoms with van der Waals surface area (Å²) in [5, 5.41) is 0. The zero-order valence-electron chi connectivity index (χ0n) is 12.9. The SMILES string of the molecule is CCCCN(C)C(=O)CN1C(=O)COc2ccc(C=O)cc21. The fraction of sp³-hybridized carbons (Fsp3) is 0.438. The van der Waals surface area contributed by atoms with Gasteiger partial charge in [0.05, 0.1) is 5.69 Å². The molecule has 0 unspecified atom stereocenters. The zero-order valence-corrected chi connectivity index (χ0v) is 12.9. The van der Waals surface area contributed by atoms with E-state index in [0.29, 0.717) is 29.8 Å². The van der Waals surface area contributed by atoms with Gasteiger partial charge in [0, 0.05) is 19.2 Å². The van der Waals surface area contributed by atoms with Gasteiger partial charge in [-0.1, -0.05) is 13.3 Å². The van der Waals surface area contributed by atoms with E-state index >= 15 is 0 Å². The number of benzene rings is 1. The number of hydrogen-bond donors (Lipinski definition) is 0. The van der Waals surface area contributed by atoms with Gasteiger partial charge in [0.15, 0.2) is 6.61 Å². The predicted molar refractivity (Wildman–Crippen MR) is 82.2 cm³/mol. The smallest absolute Gasteiger partial charge is 0.265 e. The van der Waals surface area contributed by atoms with Crippen molar-refractivity contribution >= 4 is 23.8 Å². The van der Waals surface area contributed by atoms with E-state index in [9.17, 15) is 14.4 Å². The average Bonchev–Trinajstić information content (AvgIpc) is 2.54. The van der Waals surface area contributed by atoms with E-state index in [-0.39, 0.29) is 25.0 Å². The van der Waals surface area contributed by atoms with Gasteiger partial charge in [-0.05, 0) is 24.6 Å². The third-order valence-corrected chi connectivity index (χ3v) is 3.63. The number of rotatable bonds is 6. The second kappa shape index (κ2) is 7.06. The van der Waals surface area contributed by atoms with Crippen LogP contribution < -0.4 is 9.64 Å². The number of unbranched alkanes of at least 4 members (excludes halogenated alkanes) is 1. The molecule has 6 nitrogen and oxygen atoms in total. The van der Waals surface area contributed by atoms with Crippen LogP contribution in [0.1, 0.15) is 30.1 Å². The Morgan fingerprint density at radius 1 is 1.45 bits per heavy atom. The molecule has 6 heteroatoms. The summed E-state index contributed by atoms with van der Waals surface area (Å²) in [6, 6.07) is 4.83. The van der Waals surface area contributed by atoms with Gasteiger partial charge in [-0.3, -0.25) is 19.3 Å². The molecule has 0 radical (unpaired) electrons. The minimum atomic E-state index is -0.284. The van der Waals surface area contributed by atoms with Gasteiger partial charge in [0.1, 0.15) is 18.6 Å². The first-order valence-electron chi connectivity index (χ1n) is 7.33. The van der Waals surface area contributed by atoms with E-state index < -0.39 is 0 Å². The zero-order chi connectivity index (χ0) is 16.1. The molecule has 22 heavy (non-hydrogen) atoms. The maximum absolute atomic E-state index is 12.2. The Hall–Kier alpha value is -2.37. The first-order valence-corrected chi connectivity index (χ1v) is 7.33. The molecule has 0 fully saturated rings. The summed E-state index contributed by atoms with van der Waals surface area (Å²) in [4.78, 5) is 38.2. The highest BCUT2D eigenvalue weighted by Gasteiger charge is 2.28. The summed E-state index contributed by atoms with van der Waals surface area (Å²) < 4.78 is 5.34. The van der Waals surface area contributed by atoms with Crippen LogP contribution in [0.15, 0.2) is 18.2 Å². The van der Waals surface area contributed by atoms with Crippen LogP contribution in [0.2, 0.25) is 0 Å². The monoisotopic (exact) mass is 304 g/mol. The van der Waals surface area contributed by atoms with Gasteiger partial charge < -0.3 is 9.64 Å². The maximum Gasteiger partial charge on any atom is 0.265 e. The Morgan fingerprint density at radius 3 is 2.91 bits per heavy atom. The molecule has 1 aliphatic heterocycles. The Labute approximate surface area is 129 Å². The topological polar surface area (TPSA) is 66.9 Å². The van der Waals surface area contributed by atoms with Crippen molar-refractivity contribution < 1.29 is 19.1 Å². The highest BCUT2D eigenvalue weighted by Crippen LogP contribution is 2.32. The van der Waals surface area contributed by atoms with Crippen molar-refractivity contribution in [1.82, 2.24) is 4.90 Å². The lowest BCUT2D eigenvalue weighted by atomic mass is 10.1. The van der Waals surface area contributed by atoms with Crippen LogP contribution in [0.3, 0.4) is 0 Å². The molecule has 1 aromatic rings. The Morgan fingerprint density at radius 2 is 2.23 bits per heavy atom. The van der Waals surface area contributed by atoms with E-state index in [1.165, 1.54) is 4.90 Å². The lowest BCUT2D eigenvalue weighted by Gasteiger charge is -2.30. The van der Waals surface area contributed by atoms with E-state index in [0.717, 1.165) is 12.8 Å². The van der Waals surface area contributed by atoms with E-state index in [1.807, 2.05) is 0 Å². The van der Waals surface area contributed by atoms with Crippen LogP contribution in [-0.2, 0) is 9.59 Å². The molecule has 0 aliphatic carbocycles. The number of likely N-dealkylation sites (N-methyl/N-ethyl adjacent to an activating group) is 1. The molecule has 0 atom stereocenters. The summed E-state index contributed by atoms with van der Waals surface area (Å²) >= 11 is 0. The van der Waals surface area contributed by atoms with Crippen molar-refractivity contribution in [2.75, 3.05) is 31.6 Å². The van der Waals surface area contributed by atoms with Gasteiger partial charge in [-0.15, -0.1) is 0 Å². The van der Waals surface area contributed by atoms with Crippen LogP contribution in [0, 0.1) is 0 Å². The number of carbonyl (C=O) groups is 3. The van der Waals surface area contributed by atoms with Gasteiger partial charge in [0.2, 0.25) is 5.91 Å². The van der Waals surface area contributed by atoms with Crippen molar-refractivity contribution in [1.29, 1.82) is 0 Å². The molecule has 0 saturated carbocycles. The molecule has 1 aromatic carbocycles. The molecular formula is C16H20N2O4. The number of aldehydes is 1. The normalized spacial score (nSPS) is 13.4. The van der Waals surface area contributed by atoms with Crippen molar-refractivity contribution in [3.63, 3.8) is 0 Å². The molecular weight excluding hydrogens is 284 g/mol. The van der Waals surface area contributed by atoms with Crippen molar-refractivity contribution in [3.05, 3.63) is 23.8 Å². The molecule has 1 aliphatic rings. The van der Waals surface area contributed by atoms with Crippen LogP contribution in [0.5, 0.6) is 5.75 Å². The summed E-state index contributed by atoms with van der Waals surface area (Å²) in [5.41, 5.74) is 0.909. The Kier molecular flexibility index (Phi) is 5.14. The van der Waals surface area contributed by atoms with Crippen molar-refractivity contribution in [3.8, 4) is 5.75 Å². The molecule has 1 heterocycles. The van der Waals surface area contributed by atoms with Crippen LogP contribution in [0.4, 0.5) is 5.69 Å². The van der Waals surface area contributed by atoms with Crippen LogP contribution >= 0.6 is 0 Å². The quantitative estimate of drug-likeness (QED) is 0.747. The minimum absolute atomic E-state index is 0.0439. The summed E-state index contributed by atoms with van der Waals surface area (Å²) in [7, 11) is 1.73. The highest BCUT2D eigenvalue weighted by atomic mass is 16.5. The molecule has 0 saturated heterocycles. The van der Waals surface area contributed by atoms with Crippen LogP contribution in [-0.4, -0.2) is 49.7 Å². The van der Waals surface area contributed by atoms with Crippen molar-refractivity contribution in [2.24, 2.45) is 0 Å². The van der Waals surface area contributed by atoms with E-state index in [2.05, 4.69) is 6.92 Å². The minimum Gasteiger partial charge on any atom is -0.482 e. The van der Waals surface area contributed by atoms with Gasteiger partial charge >= 0.3 is 0 Å². The third-order valence-electron chi connectivity index (χ3n) is 3.63. The number of fused-ring (bicyclic) bond motifs is 1. The average molecular weight is 304 g/mol. The molecule has 0 aromatic heterocycles. The number of ether oxygens (including phenoxy) is 1. The number of amides is 2. The third kappa shape index (κ3) is 3.44. The predicted octanol–water partition coefficient (Wildman–Crippen LogP) is 1.48. The first-order chi connectivity index (χ1) is 10.6. The standard InChI is InChI=1S/C16H20N2O4/c1-3-4-7-17(2)15(20)9-18-13-8-12(10-19)5-6-14(13)22-11-16(18)21/h5-6,8,10H,3-4,7,9,11H2,1-2H3. The molecule has 118 valence electrons. The lowest BCUT2D eigenvalue weighted by Crippen LogP contribution is -2.45. The fourth-order valence-corrected chi connectivity index (χ4v) is 2.24. The second-order valence-corrected chi connectivity index (χ2v) is 5.28. The molecule has 2 rings (SSSR count). The van der Waals surface area contributed by atoms with Gasteiger partial charge in [-0.25, -0.2) is 0 Å². The Balaban J connectivity index is 2.18. The molecule has 0 spiro atoms. The molecule has 2 amide bonds. The van der Waals surface area contributed by atoms with E-state index in [4.69, 9.17) is 4.74 Å². The second-order valence-electron chi connectivity index (χ2n) is 5.28. The highest BCUT2D eigenvalue weighted by molar-refractivity contribution is 6.02. The molecule has 0 N–H and O–H groups in total. The first kappa shape index (κ1) is 16.0. The fourth-order valence-electron chi connectivity index (χ4n) is 2.24. The lowest BCUT2D eigenvalue weighted by molar-refractivity contribution is -0.131. The number of nitrogens with zero attached hydrogens (tertiary/aromatic N) is 2. The number of anilines is 1. The summed E-state index contributed by atoms with van der Waals surface area (Å²) in [6.07, 6.45) is 2.62. The largest absolute Gasteiger partial charge is 0.482 e. The number of carbonyl (C=O) groups excluding carboxylic acids is 3. The number of hydrogen-bond acceptors (Lipinski definition) is 4. The van der Waals surface area contributed by atoms with Gasteiger partial charge in [0.25, 0.3) is 5.91 Å². The van der Waals surface area contributed by atoms with E-state index in [1.54, 1.807) is 30.1 Å². The Bertz CT molecular complexity index is 586. The maximum atomic E-state index is 12.2. The van der Waals surface area contributed by atoms with Gasteiger partial charge in [-0.2, -0.15) is 0 Å². The summed E-state index contributed by atoms with van der Waals surface area (Å²) in [5.74, 6) is 0.0909. The summed E-state index contributed by atoms with van der Waals surface area (Å²) in [6.45, 7) is 2.58. The molecule has 0 bridgehead atoms.